The molecule has 0 aromatic carbocycles. The molecule has 3 N–H and O–H groups in total. The highest BCUT2D eigenvalue weighted by atomic mass is 19.1. The number of rotatable bonds is 4. The fourth-order valence-corrected chi connectivity index (χ4v) is 1.51. The molecular formula is C13H18FN5. The summed E-state index contributed by atoms with van der Waals surface area (Å²) in [7, 11) is 0. The van der Waals surface area contributed by atoms with Gasteiger partial charge in [0.1, 0.15) is 0 Å². The maximum absolute atomic E-state index is 14.2. The van der Waals surface area contributed by atoms with Crippen LogP contribution >= 0.6 is 0 Å². The van der Waals surface area contributed by atoms with Crippen molar-refractivity contribution in [1.29, 1.82) is 0 Å². The van der Waals surface area contributed by atoms with Crippen molar-refractivity contribution in [2.24, 2.45) is 0 Å². The van der Waals surface area contributed by atoms with E-state index in [0.29, 0.717) is 18.1 Å². The van der Waals surface area contributed by atoms with Crippen LogP contribution in [0.3, 0.4) is 0 Å². The third kappa shape index (κ3) is 3.75. The number of hydrogen-bond acceptors (Lipinski definition) is 4. The fraction of sp³-hybridized carbons (Fsp3) is 0.385. The van der Waals surface area contributed by atoms with E-state index in [1.54, 1.807) is 24.7 Å². The molecule has 0 aliphatic rings. The van der Waals surface area contributed by atoms with Crippen molar-refractivity contribution in [3.8, 4) is 0 Å². The van der Waals surface area contributed by atoms with Gasteiger partial charge < -0.3 is 15.6 Å². The molecule has 2 aromatic heterocycles. The van der Waals surface area contributed by atoms with Crippen LogP contribution in [-0.4, -0.2) is 20.5 Å². The van der Waals surface area contributed by atoms with Gasteiger partial charge in [0, 0.05) is 36.2 Å². The number of hydrogen-bond donors (Lipinski definition) is 3. The molecule has 19 heavy (non-hydrogen) atoms. The lowest BCUT2D eigenvalue weighted by Gasteiger charge is -2.21. The number of H-pyrrole nitrogens is 1. The Morgan fingerprint density at radius 3 is 2.68 bits per heavy atom. The first-order chi connectivity index (χ1) is 8.96. The molecule has 0 saturated carbocycles. The molecule has 6 heteroatoms. The number of nitrogens with zero attached hydrogens (tertiary/aromatic N) is 2. The van der Waals surface area contributed by atoms with Crippen LogP contribution in [0, 0.1) is 5.82 Å². The highest BCUT2D eigenvalue weighted by Crippen LogP contribution is 2.18. The molecule has 0 unspecified atom stereocenters. The number of anilines is 2. The van der Waals surface area contributed by atoms with E-state index in [-0.39, 0.29) is 17.2 Å². The second-order valence-electron chi connectivity index (χ2n) is 5.30. The van der Waals surface area contributed by atoms with E-state index in [4.69, 9.17) is 0 Å². The molecule has 0 radical (unpaired) electrons. The fourth-order valence-electron chi connectivity index (χ4n) is 1.51. The van der Waals surface area contributed by atoms with Crippen molar-refractivity contribution in [3.63, 3.8) is 0 Å². The first-order valence-electron chi connectivity index (χ1n) is 6.10. The van der Waals surface area contributed by atoms with Crippen LogP contribution in [0.4, 0.5) is 16.2 Å². The van der Waals surface area contributed by atoms with Crippen molar-refractivity contribution in [3.05, 3.63) is 36.0 Å². The standard InChI is InChI=1S/C13H18FN5/c1-13(2,3)18-8-9-4-5-15-11(10(9)14)19-12-16-6-7-17-12/h4-7,18H,8H2,1-3H3,(H2,15,16,17,19). The maximum atomic E-state index is 14.2. The summed E-state index contributed by atoms with van der Waals surface area (Å²) in [6.45, 7) is 6.56. The quantitative estimate of drug-likeness (QED) is 0.793. The predicted molar refractivity (Wildman–Crippen MR) is 72.7 cm³/mol. The van der Waals surface area contributed by atoms with Crippen molar-refractivity contribution in [1.82, 2.24) is 20.3 Å². The number of pyridine rings is 1. The second-order valence-corrected chi connectivity index (χ2v) is 5.30. The summed E-state index contributed by atoms with van der Waals surface area (Å²) in [4.78, 5) is 10.8. The van der Waals surface area contributed by atoms with Gasteiger partial charge in [-0.25, -0.2) is 14.4 Å². The van der Waals surface area contributed by atoms with Gasteiger partial charge in [-0.3, -0.25) is 0 Å². The number of aromatic nitrogens is 3. The Labute approximate surface area is 111 Å². The van der Waals surface area contributed by atoms with Crippen molar-refractivity contribution < 1.29 is 4.39 Å². The Bertz CT molecular complexity index is 530. The zero-order valence-electron chi connectivity index (χ0n) is 11.3. The van der Waals surface area contributed by atoms with E-state index >= 15 is 0 Å². The van der Waals surface area contributed by atoms with E-state index in [9.17, 15) is 4.39 Å². The number of imidazole rings is 1. The molecule has 0 fully saturated rings. The molecular weight excluding hydrogens is 245 g/mol. The van der Waals surface area contributed by atoms with Gasteiger partial charge >= 0.3 is 0 Å². The van der Waals surface area contributed by atoms with Gasteiger partial charge in [-0.1, -0.05) is 0 Å². The summed E-state index contributed by atoms with van der Waals surface area (Å²) in [5, 5.41) is 6.06. The van der Waals surface area contributed by atoms with Gasteiger partial charge in [0.15, 0.2) is 11.6 Å². The molecule has 0 amide bonds. The maximum Gasteiger partial charge on any atom is 0.205 e. The van der Waals surface area contributed by atoms with Crippen LogP contribution in [-0.2, 0) is 6.54 Å². The van der Waals surface area contributed by atoms with Crippen LogP contribution in [0.15, 0.2) is 24.7 Å². The minimum absolute atomic E-state index is 0.0652. The molecule has 0 aliphatic heterocycles. The zero-order chi connectivity index (χ0) is 13.9. The molecule has 102 valence electrons. The first kappa shape index (κ1) is 13.5. The average Bonchev–Trinajstić information content (AvgIpc) is 2.82. The van der Waals surface area contributed by atoms with Crippen LogP contribution in [0.5, 0.6) is 0 Å². The Morgan fingerprint density at radius 2 is 2.05 bits per heavy atom. The number of halogens is 1. The van der Waals surface area contributed by atoms with Gasteiger partial charge in [0.2, 0.25) is 5.95 Å². The molecule has 0 bridgehead atoms. The normalized spacial score (nSPS) is 11.6. The molecule has 5 nitrogen and oxygen atoms in total. The van der Waals surface area contributed by atoms with Crippen LogP contribution < -0.4 is 10.6 Å². The molecule has 2 aromatic rings. The van der Waals surface area contributed by atoms with E-state index in [1.807, 2.05) is 20.8 Å². The van der Waals surface area contributed by atoms with Gasteiger partial charge in [-0.05, 0) is 26.8 Å². The topological polar surface area (TPSA) is 65.6 Å². The second kappa shape index (κ2) is 5.36. The van der Waals surface area contributed by atoms with E-state index in [2.05, 4.69) is 25.6 Å². The van der Waals surface area contributed by atoms with Crippen LogP contribution in [0.25, 0.3) is 0 Å². The monoisotopic (exact) mass is 263 g/mol. The lowest BCUT2D eigenvalue weighted by molar-refractivity contribution is 0.418. The van der Waals surface area contributed by atoms with Gasteiger partial charge in [-0.15, -0.1) is 0 Å². The Balaban J connectivity index is 2.13. The summed E-state index contributed by atoms with van der Waals surface area (Å²) in [6.07, 6.45) is 4.82. The third-order valence-electron chi connectivity index (χ3n) is 2.51. The highest BCUT2D eigenvalue weighted by molar-refractivity contribution is 5.49. The lowest BCUT2D eigenvalue weighted by atomic mass is 10.1. The van der Waals surface area contributed by atoms with E-state index in [0.717, 1.165) is 0 Å². The minimum Gasteiger partial charge on any atom is -0.331 e. The molecule has 0 aliphatic carbocycles. The Hall–Kier alpha value is -1.95. The SMILES string of the molecule is CC(C)(C)NCc1ccnc(Nc2ncc[nH]2)c1F. The minimum atomic E-state index is -0.365. The lowest BCUT2D eigenvalue weighted by Crippen LogP contribution is -2.35. The van der Waals surface area contributed by atoms with Crippen molar-refractivity contribution in [2.75, 3.05) is 5.32 Å². The highest BCUT2D eigenvalue weighted by Gasteiger charge is 2.13. The van der Waals surface area contributed by atoms with E-state index in [1.165, 1.54) is 0 Å². The Morgan fingerprint density at radius 1 is 1.26 bits per heavy atom. The largest absolute Gasteiger partial charge is 0.331 e. The summed E-state index contributed by atoms with van der Waals surface area (Å²) < 4.78 is 14.2. The average molecular weight is 263 g/mol. The summed E-state index contributed by atoms with van der Waals surface area (Å²) in [5.74, 6) is 0.270. The smallest absolute Gasteiger partial charge is 0.205 e. The first-order valence-corrected chi connectivity index (χ1v) is 6.10. The molecule has 2 rings (SSSR count). The van der Waals surface area contributed by atoms with E-state index < -0.39 is 0 Å². The van der Waals surface area contributed by atoms with Gasteiger partial charge in [-0.2, -0.15) is 0 Å². The Kier molecular flexibility index (Phi) is 3.80. The zero-order valence-corrected chi connectivity index (χ0v) is 11.3. The van der Waals surface area contributed by atoms with Gasteiger partial charge in [0.05, 0.1) is 0 Å². The summed E-state index contributed by atoms with van der Waals surface area (Å²) in [6, 6.07) is 1.67. The van der Waals surface area contributed by atoms with Gasteiger partial charge in [0.25, 0.3) is 0 Å². The molecule has 0 saturated heterocycles. The molecule has 2 heterocycles. The molecule has 0 atom stereocenters. The predicted octanol–water partition coefficient (Wildman–Crippen LogP) is 2.58. The van der Waals surface area contributed by atoms with Crippen LogP contribution in [0.2, 0.25) is 0 Å². The number of nitrogens with one attached hydrogen (secondary N) is 3. The molecule has 0 spiro atoms. The van der Waals surface area contributed by atoms with Crippen molar-refractivity contribution >= 4 is 11.8 Å². The third-order valence-corrected chi connectivity index (χ3v) is 2.51. The van der Waals surface area contributed by atoms with Crippen molar-refractivity contribution in [2.45, 2.75) is 32.9 Å². The summed E-state index contributed by atoms with van der Waals surface area (Å²) in [5.41, 5.74) is 0.503. The number of aromatic amines is 1. The summed E-state index contributed by atoms with van der Waals surface area (Å²) >= 11 is 0. The van der Waals surface area contributed by atoms with Crippen LogP contribution in [0.1, 0.15) is 26.3 Å².